The van der Waals surface area contributed by atoms with E-state index in [9.17, 15) is 14.3 Å². The topological polar surface area (TPSA) is 75.4 Å². The van der Waals surface area contributed by atoms with Crippen molar-refractivity contribution in [2.24, 2.45) is 0 Å². The fraction of sp³-hybridized carbons (Fsp3) is 0.423. The number of nitrogens with one attached hydrogen (secondary N) is 2. The van der Waals surface area contributed by atoms with Crippen LogP contribution < -0.4 is 0 Å². The average Bonchev–Trinajstić information content (AvgIpc) is 3.58. The summed E-state index contributed by atoms with van der Waals surface area (Å²) in [5, 5.41) is 11.3. The van der Waals surface area contributed by atoms with Crippen LogP contribution in [0.2, 0.25) is 0 Å². The minimum absolute atomic E-state index is 0.0139. The number of rotatable bonds is 4. The highest BCUT2D eigenvalue weighted by Gasteiger charge is 2.36. The molecule has 6 nitrogen and oxygen atoms in total. The molecule has 3 aliphatic rings. The Hall–Kier alpha value is -3.06. The zero-order chi connectivity index (χ0) is 22.7. The van der Waals surface area contributed by atoms with E-state index in [0.29, 0.717) is 22.9 Å². The normalized spacial score (nSPS) is 20.7. The van der Waals surface area contributed by atoms with Gasteiger partial charge in [0.15, 0.2) is 5.88 Å². The van der Waals surface area contributed by atoms with E-state index in [-0.39, 0.29) is 23.6 Å². The number of carbonyl (C=O) groups excluding carboxylic acids is 1. The number of aromatic amines is 2. The van der Waals surface area contributed by atoms with Crippen molar-refractivity contribution >= 4 is 22.4 Å². The van der Waals surface area contributed by atoms with Gasteiger partial charge in [0.1, 0.15) is 5.82 Å². The van der Waals surface area contributed by atoms with Crippen LogP contribution in [-0.4, -0.2) is 63.0 Å². The van der Waals surface area contributed by atoms with Gasteiger partial charge in [-0.2, -0.15) is 0 Å². The summed E-state index contributed by atoms with van der Waals surface area (Å²) in [4.78, 5) is 24.7. The van der Waals surface area contributed by atoms with E-state index < -0.39 is 0 Å². The van der Waals surface area contributed by atoms with Crippen LogP contribution in [0.4, 0.5) is 4.39 Å². The SMILES string of the molecule is Cc1[nH]c2c(c1C(=O)N1CCC[C@H]1CN1CCCC1)CC=C2c1c(O)[nH]c2ccc(F)cc12. The highest BCUT2D eigenvalue weighted by atomic mass is 19.1. The van der Waals surface area contributed by atoms with Gasteiger partial charge in [-0.3, -0.25) is 4.79 Å². The number of allylic oxidation sites excluding steroid dienone is 1. The molecule has 0 unspecified atom stereocenters. The lowest BCUT2D eigenvalue weighted by molar-refractivity contribution is 0.0707. The van der Waals surface area contributed by atoms with Gasteiger partial charge in [-0.05, 0) is 75.9 Å². The third-order valence-electron chi connectivity index (χ3n) is 7.60. The van der Waals surface area contributed by atoms with Crippen LogP contribution in [0.5, 0.6) is 5.88 Å². The van der Waals surface area contributed by atoms with Crippen LogP contribution >= 0.6 is 0 Å². The molecule has 3 aromatic rings. The van der Waals surface area contributed by atoms with Crippen LogP contribution in [0.1, 0.15) is 58.6 Å². The Morgan fingerprint density at radius 1 is 1.18 bits per heavy atom. The second-order valence-corrected chi connectivity index (χ2v) is 9.64. The number of aromatic hydroxyl groups is 1. The molecule has 0 radical (unpaired) electrons. The molecule has 4 heterocycles. The van der Waals surface area contributed by atoms with Gasteiger partial charge in [-0.25, -0.2) is 4.39 Å². The number of likely N-dealkylation sites (tertiary alicyclic amines) is 2. The van der Waals surface area contributed by atoms with Crippen molar-refractivity contribution < 1.29 is 14.3 Å². The van der Waals surface area contributed by atoms with Gasteiger partial charge in [-0.15, -0.1) is 0 Å². The summed E-state index contributed by atoms with van der Waals surface area (Å²) >= 11 is 0. The van der Waals surface area contributed by atoms with Gasteiger partial charge >= 0.3 is 0 Å². The first kappa shape index (κ1) is 20.5. The van der Waals surface area contributed by atoms with Gasteiger partial charge in [0.05, 0.1) is 16.8 Å². The number of halogens is 1. The number of benzene rings is 1. The maximum atomic E-state index is 14.0. The standard InChI is InChI=1S/C26H29FN4O2/c1-15-22(26(33)31-12-4-5-17(31)14-30-10-2-3-11-30)18-7-8-19(24(18)28-15)23-20-13-16(27)6-9-21(20)29-25(23)32/h6,8-9,13,17,28-29,32H,2-5,7,10-12,14H2,1H3/t17-/m0/s1. The molecule has 0 saturated carbocycles. The monoisotopic (exact) mass is 448 g/mol. The fourth-order valence-electron chi connectivity index (χ4n) is 6.06. The van der Waals surface area contributed by atoms with Crippen molar-refractivity contribution in [3.05, 3.63) is 58.2 Å². The van der Waals surface area contributed by atoms with Crippen LogP contribution in [-0.2, 0) is 6.42 Å². The minimum atomic E-state index is -0.349. The minimum Gasteiger partial charge on any atom is -0.494 e. The molecule has 0 spiro atoms. The molecule has 3 N–H and O–H groups in total. The second kappa shape index (κ2) is 7.76. The molecule has 1 amide bonds. The second-order valence-electron chi connectivity index (χ2n) is 9.64. The number of aromatic nitrogens is 2. The molecule has 2 saturated heterocycles. The van der Waals surface area contributed by atoms with Gasteiger partial charge in [0.25, 0.3) is 5.91 Å². The van der Waals surface area contributed by atoms with Gasteiger partial charge in [0, 0.05) is 41.3 Å². The molecule has 2 aliphatic heterocycles. The molecule has 2 fully saturated rings. The van der Waals surface area contributed by atoms with E-state index in [0.717, 1.165) is 67.1 Å². The fourth-order valence-corrected chi connectivity index (χ4v) is 6.06. The quantitative estimate of drug-likeness (QED) is 0.556. The number of H-pyrrole nitrogens is 2. The number of carbonyl (C=O) groups is 1. The highest BCUT2D eigenvalue weighted by molar-refractivity contribution is 6.04. The molecule has 0 bridgehead atoms. The van der Waals surface area contributed by atoms with E-state index in [1.807, 2.05) is 13.0 Å². The molecular weight excluding hydrogens is 419 g/mol. The summed E-state index contributed by atoms with van der Waals surface area (Å²) in [5.74, 6) is -0.228. The molecule has 7 heteroatoms. The Balaban J connectivity index is 1.33. The zero-order valence-electron chi connectivity index (χ0n) is 18.9. The largest absolute Gasteiger partial charge is 0.494 e. The number of hydrogen-bond donors (Lipinski definition) is 3. The molecule has 172 valence electrons. The number of amides is 1. The first-order valence-electron chi connectivity index (χ1n) is 12.0. The Kier molecular flexibility index (Phi) is 4.83. The Bertz CT molecular complexity index is 1280. The van der Waals surface area contributed by atoms with Crippen molar-refractivity contribution in [2.45, 2.75) is 45.1 Å². The lowest BCUT2D eigenvalue weighted by Gasteiger charge is -2.29. The lowest BCUT2D eigenvalue weighted by Crippen LogP contribution is -2.42. The first-order chi connectivity index (χ1) is 16.0. The molecule has 33 heavy (non-hydrogen) atoms. The molecular formula is C26H29FN4O2. The molecule has 1 atom stereocenters. The first-order valence-corrected chi connectivity index (χ1v) is 12.0. The summed E-state index contributed by atoms with van der Waals surface area (Å²) in [5.41, 5.74) is 5.52. The zero-order valence-corrected chi connectivity index (χ0v) is 18.9. The number of fused-ring (bicyclic) bond motifs is 2. The van der Waals surface area contributed by atoms with Crippen LogP contribution in [0, 0.1) is 12.7 Å². The van der Waals surface area contributed by atoms with Crippen molar-refractivity contribution in [1.29, 1.82) is 0 Å². The van der Waals surface area contributed by atoms with E-state index in [4.69, 9.17) is 0 Å². The Labute approximate surface area is 192 Å². The Morgan fingerprint density at radius 3 is 2.82 bits per heavy atom. The van der Waals surface area contributed by atoms with Crippen LogP contribution in [0.3, 0.4) is 0 Å². The van der Waals surface area contributed by atoms with Crippen molar-refractivity contribution in [2.75, 3.05) is 26.2 Å². The van der Waals surface area contributed by atoms with E-state index in [1.165, 1.54) is 25.0 Å². The molecule has 2 aromatic heterocycles. The summed E-state index contributed by atoms with van der Waals surface area (Å²) in [6, 6.07) is 4.72. The van der Waals surface area contributed by atoms with Crippen molar-refractivity contribution in [3.63, 3.8) is 0 Å². The summed E-state index contributed by atoms with van der Waals surface area (Å²) in [7, 11) is 0. The predicted molar refractivity (Wildman–Crippen MR) is 126 cm³/mol. The van der Waals surface area contributed by atoms with Crippen molar-refractivity contribution in [1.82, 2.24) is 19.8 Å². The van der Waals surface area contributed by atoms with E-state index in [1.54, 1.807) is 6.07 Å². The van der Waals surface area contributed by atoms with Crippen LogP contribution in [0.25, 0.3) is 16.5 Å². The predicted octanol–water partition coefficient (Wildman–Crippen LogP) is 4.34. The third kappa shape index (κ3) is 3.29. The van der Waals surface area contributed by atoms with E-state index >= 15 is 0 Å². The number of nitrogens with zero attached hydrogens (tertiary/aromatic N) is 2. The Morgan fingerprint density at radius 2 is 2.00 bits per heavy atom. The molecule has 6 rings (SSSR count). The summed E-state index contributed by atoms with van der Waals surface area (Å²) in [6.45, 7) is 6.00. The van der Waals surface area contributed by atoms with Crippen molar-refractivity contribution in [3.8, 4) is 5.88 Å². The van der Waals surface area contributed by atoms with Crippen LogP contribution in [0.15, 0.2) is 24.3 Å². The maximum absolute atomic E-state index is 14.0. The molecule has 1 aromatic carbocycles. The lowest BCUT2D eigenvalue weighted by atomic mass is 10.0. The highest BCUT2D eigenvalue weighted by Crippen LogP contribution is 2.43. The molecule has 1 aliphatic carbocycles. The summed E-state index contributed by atoms with van der Waals surface area (Å²) < 4.78 is 14.0. The number of hydrogen-bond acceptors (Lipinski definition) is 3. The van der Waals surface area contributed by atoms with Gasteiger partial charge in [-0.1, -0.05) is 6.08 Å². The van der Waals surface area contributed by atoms with E-state index in [2.05, 4.69) is 19.8 Å². The maximum Gasteiger partial charge on any atom is 0.256 e. The average molecular weight is 449 g/mol. The van der Waals surface area contributed by atoms with Gasteiger partial charge < -0.3 is 24.9 Å². The smallest absolute Gasteiger partial charge is 0.256 e. The summed E-state index contributed by atoms with van der Waals surface area (Å²) in [6.07, 6.45) is 7.26. The van der Waals surface area contributed by atoms with Gasteiger partial charge in [0.2, 0.25) is 0 Å². The third-order valence-corrected chi connectivity index (χ3v) is 7.60. The number of aryl methyl sites for hydroxylation is 1.